The highest BCUT2D eigenvalue weighted by Gasteiger charge is 2.23. The van der Waals surface area contributed by atoms with E-state index in [0.717, 1.165) is 31.7 Å². The second-order valence-corrected chi connectivity index (χ2v) is 6.16. The van der Waals surface area contributed by atoms with Crippen LogP contribution in [0, 0.1) is 5.92 Å². The van der Waals surface area contributed by atoms with Crippen LogP contribution in [0.25, 0.3) is 0 Å². The second kappa shape index (κ2) is 5.68. The molecule has 1 aromatic rings. The molecule has 1 aromatic heterocycles. The lowest BCUT2D eigenvalue weighted by Crippen LogP contribution is -2.34. The fourth-order valence-electron chi connectivity index (χ4n) is 3.67. The average molecular weight is 262 g/mol. The van der Waals surface area contributed by atoms with Gasteiger partial charge in [-0.25, -0.2) is 0 Å². The molecule has 3 heteroatoms. The summed E-state index contributed by atoms with van der Waals surface area (Å²) >= 11 is 0. The summed E-state index contributed by atoms with van der Waals surface area (Å²) in [5, 5.41) is 10.0. The SMILES string of the molecule is CCN1CCC(Cn2ccc3c2CCCC3O)CC1. The number of aliphatic hydroxyl groups is 1. The number of rotatable bonds is 3. The van der Waals surface area contributed by atoms with Gasteiger partial charge in [-0.2, -0.15) is 0 Å². The van der Waals surface area contributed by atoms with E-state index < -0.39 is 0 Å². The zero-order chi connectivity index (χ0) is 13.2. The van der Waals surface area contributed by atoms with Crippen LogP contribution in [0.1, 0.15) is 50.0 Å². The van der Waals surface area contributed by atoms with E-state index in [1.807, 2.05) is 0 Å². The molecular formula is C16H26N2O. The highest BCUT2D eigenvalue weighted by atomic mass is 16.3. The number of hydrogen-bond donors (Lipinski definition) is 1. The van der Waals surface area contributed by atoms with Gasteiger partial charge in [-0.1, -0.05) is 6.92 Å². The molecule has 0 radical (unpaired) electrons. The van der Waals surface area contributed by atoms with Crippen molar-refractivity contribution in [1.82, 2.24) is 9.47 Å². The molecule has 0 saturated carbocycles. The molecule has 19 heavy (non-hydrogen) atoms. The lowest BCUT2D eigenvalue weighted by atomic mass is 9.94. The summed E-state index contributed by atoms with van der Waals surface area (Å²) in [6.07, 6.45) is 7.84. The van der Waals surface area contributed by atoms with Gasteiger partial charge in [0.25, 0.3) is 0 Å². The first kappa shape index (κ1) is 13.2. The van der Waals surface area contributed by atoms with Crippen molar-refractivity contribution in [2.45, 2.75) is 51.7 Å². The van der Waals surface area contributed by atoms with Gasteiger partial charge in [0.05, 0.1) is 6.10 Å². The van der Waals surface area contributed by atoms with Crippen LogP contribution >= 0.6 is 0 Å². The number of fused-ring (bicyclic) bond motifs is 1. The summed E-state index contributed by atoms with van der Waals surface area (Å²) in [4.78, 5) is 2.55. The third-order valence-electron chi connectivity index (χ3n) is 4.97. The maximum absolute atomic E-state index is 10.0. The molecule has 106 valence electrons. The van der Waals surface area contributed by atoms with Gasteiger partial charge in [-0.15, -0.1) is 0 Å². The van der Waals surface area contributed by atoms with Crippen molar-refractivity contribution in [3.63, 3.8) is 0 Å². The maximum Gasteiger partial charge on any atom is 0.0807 e. The molecule has 3 nitrogen and oxygen atoms in total. The predicted octanol–water partition coefficient (Wildman–Crippen LogP) is 2.59. The number of piperidine rings is 1. The lowest BCUT2D eigenvalue weighted by molar-refractivity contribution is 0.154. The van der Waals surface area contributed by atoms with Crippen molar-refractivity contribution in [3.8, 4) is 0 Å². The smallest absolute Gasteiger partial charge is 0.0807 e. The molecule has 1 aliphatic heterocycles. The predicted molar refractivity (Wildman–Crippen MR) is 77.2 cm³/mol. The van der Waals surface area contributed by atoms with Gasteiger partial charge < -0.3 is 14.6 Å². The third-order valence-corrected chi connectivity index (χ3v) is 4.97. The summed E-state index contributed by atoms with van der Waals surface area (Å²) in [6, 6.07) is 2.14. The van der Waals surface area contributed by atoms with E-state index in [1.165, 1.54) is 43.7 Å². The molecule has 2 aliphatic rings. The summed E-state index contributed by atoms with van der Waals surface area (Å²) in [5.74, 6) is 0.818. The van der Waals surface area contributed by atoms with Crippen LogP contribution in [0.5, 0.6) is 0 Å². The van der Waals surface area contributed by atoms with Crippen LogP contribution in [-0.2, 0) is 13.0 Å². The number of aliphatic hydroxyl groups excluding tert-OH is 1. The standard InChI is InChI=1S/C16H26N2O/c1-2-17-9-6-13(7-10-17)12-18-11-8-14-15(18)4-3-5-16(14)19/h8,11,13,16,19H,2-7,9-10,12H2,1H3. The average Bonchev–Trinajstić information content (AvgIpc) is 2.84. The van der Waals surface area contributed by atoms with Crippen LogP contribution in [0.3, 0.4) is 0 Å². The van der Waals surface area contributed by atoms with Crippen LogP contribution in [0.15, 0.2) is 12.3 Å². The second-order valence-electron chi connectivity index (χ2n) is 6.16. The van der Waals surface area contributed by atoms with E-state index in [2.05, 4.69) is 28.7 Å². The van der Waals surface area contributed by atoms with Gasteiger partial charge in [-0.3, -0.25) is 0 Å². The highest BCUT2D eigenvalue weighted by molar-refractivity contribution is 5.27. The van der Waals surface area contributed by atoms with Crippen molar-refractivity contribution in [1.29, 1.82) is 0 Å². The fourth-order valence-corrected chi connectivity index (χ4v) is 3.67. The van der Waals surface area contributed by atoms with Crippen LogP contribution in [0.2, 0.25) is 0 Å². The molecule has 0 amide bonds. The van der Waals surface area contributed by atoms with E-state index in [0.29, 0.717) is 0 Å². The topological polar surface area (TPSA) is 28.4 Å². The van der Waals surface area contributed by atoms with Crippen molar-refractivity contribution in [2.75, 3.05) is 19.6 Å². The summed E-state index contributed by atoms with van der Waals surface area (Å²) in [7, 11) is 0. The summed E-state index contributed by atoms with van der Waals surface area (Å²) in [6.45, 7) is 7.11. The first-order valence-corrected chi connectivity index (χ1v) is 7.86. The van der Waals surface area contributed by atoms with Crippen LogP contribution < -0.4 is 0 Å². The summed E-state index contributed by atoms with van der Waals surface area (Å²) < 4.78 is 2.42. The molecule has 0 bridgehead atoms. The Kier molecular flexibility index (Phi) is 3.94. The largest absolute Gasteiger partial charge is 0.388 e. The molecule has 1 N–H and O–H groups in total. The fraction of sp³-hybridized carbons (Fsp3) is 0.750. The number of likely N-dealkylation sites (tertiary alicyclic amines) is 1. The van der Waals surface area contributed by atoms with Crippen LogP contribution in [0.4, 0.5) is 0 Å². The van der Waals surface area contributed by atoms with E-state index >= 15 is 0 Å². The van der Waals surface area contributed by atoms with Gasteiger partial charge in [0.2, 0.25) is 0 Å². The third kappa shape index (κ3) is 2.72. The Hall–Kier alpha value is -0.800. The Morgan fingerprint density at radius 1 is 1.26 bits per heavy atom. The molecule has 1 atom stereocenters. The molecular weight excluding hydrogens is 236 g/mol. The minimum absolute atomic E-state index is 0.216. The molecule has 1 aliphatic carbocycles. The Morgan fingerprint density at radius 3 is 2.79 bits per heavy atom. The minimum atomic E-state index is -0.216. The zero-order valence-corrected chi connectivity index (χ0v) is 12.0. The maximum atomic E-state index is 10.0. The number of aromatic nitrogens is 1. The highest BCUT2D eigenvalue weighted by Crippen LogP contribution is 2.31. The van der Waals surface area contributed by atoms with E-state index in [-0.39, 0.29) is 6.10 Å². The quantitative estimate of drug-likeness (QED) is 0.907. The van der Waals surface area contributed by atoms with Crippen molar-refractivity contribution in [2.24, 2.45) is 5.92 Å². The number of hydrogen-bond acceptors (Lipinski definition) is 2. The Labute approximate surface area is 116 Å². The van der Waals surface area contributed by atoms with Gasteiger partial charge in [0, 0.05) is 24.0 Å². The molecule has 2 heterocycles. The Morgan fingerprint density at radius 2 is 2.05 bits per heavy atom. The normalized spacial score (nSPS) is 25.5. The van der Waals surface area contributed by atoms with Crippen molar-refractivity contribution >= 4 is 0 Å². The van der Waals surface area contributed by atoms with Gasteiger partial charge in [-0.05, 0) is 63.7 Å². The first-order chi connectivity index (χ1) is 9.28. The molecule has 1 saturated heterocycles. The lowest BCUT2D eigenvalue weighted by Gasteiger charge is -2.32. The molecule has 0 aromatic carbocycles. The first-order valence-electron chi connectivity index (χ1n) is 7.86. The Bertz CT molecular complexity index is 418. The van der Waals surface area contributed by atoms with Crippen LogP contribution in [-0.4, -0.2) is 34.2 Å². The molecule has 1 fully saturated rings. The number of nitrogens with zero attached hydrogens (tertiary/aromatic N) is 2. The zero-order valence-electron chi connectivity index (χ0n) is 12.0. The van der Waals surface area contributed by atoms with E-state index in [4.69, 9.17) is 0 Å². The van der Waals surface area contributed by atoms with Gasteiger partial charge in [0.1, 0.15) is 0 Å². The molecule has 3 rings (SSSR count). The van der Waals surface area contributed by atoms with E-state index in [1.54, 1.807) is 0 Å². The Balaban J connectivity index is 1.65. The monoisotopic (exact) mass is 262 g/mol. The van der Waals surface area contributed by atoms with Crippen molar-refractivity contribution in [3.05, 3.63) is 23.5 Å². The minimum Gasteiger partial charge on any atom is -0.388 e. The van der Waals surface area contributed by atoms with E-state index in [9.17, 15) is 5.11 Å². The van der Waals surface area contributed by atoms with Crippen molar-refractivity contribution < 1.29 is 5.11 Å². The van der Waals surface area contributed by atoms with Gasteiger partial charge >= 0.3 is 0 Å². The van der Waals surface area contributed by atoms with Gasteiger partial charge in [0.15, 0.2) is 0 Å². The molecule has 1 unspecified atom stereocenters. The molecule has 0 spiro atoms. The summed E-state index contributed by atoms with van der Waals surface area (Å²) in [5.41, 5.74) is 2.59.